The summed E-state index contributed by atoms with van der Waals surface area (Å²) in [6.07, 6.45) is 1.90. The summed E-state index contributed by atoms with van der Waals surface area (Å²) in [5.41, 5.74) is 3.55. The summed E-state index contributed by atoms with van der Waals surface area (Å²) in [7, 11) is 0. The number of halogens is 1. The third kappa shape index (κ3) is 4.66. The highest BCUT2D eigenvalue weighted by Gasteiger charge is 2.03. The zero-order chi connectivity index (χ0) is 20.1. The van der Waals surface area contributed by atoms with E-state index in [-0.39, 0.29) is 0 Å². The Morgan fingerprint density at radius 1 is 0.862 bits per heavy atom. The highest BCUT2D eigenvalue weighted by Crippen LogP contribution is 2.24. The van der Waals surface area contributed by atoms with E-state index < -0.39 is 0 Å². The van der Waals surface area contributed by atoms with Gasteiger partial charge in [0.05, 0.1) is 11.6 Å². The van der Waals surface area contributed by atoms with Crippen LogP contribution in [-0.2, 0) is 6.61 Å². The van der Waals surface area contributed by atoms with E-state index in [1.54, 1.807) is 0 Å². The molecular weight excluding hydrogens is 378 g/mol. The van der Waals surface area contributed by atoms with Gasteiger partial charge in [0.1, 0.15) is 12.4 Å². The molecule has 4 aromatic carbocycles. The van der Waals surface area contributed by atoms with Crippen molar-refractivity contribution in [3.05, 3.63) is 113 Å². The van der Waals surface area contributed by atoms with Crippen molar-refractivity contribution >= 4 is 34.0 Å². The first-order chi connectivity index (χ1) is 14.2. The molecule has 0 aliphatic carbocycles. The van der Waals surface area contributed by atoms with E-state index in [1.165, 1.54) is 0 Å². The fraction of sp³-hybridized carbons (Fsp3) is 0.0385. The molecule has 0 aliphatic heterocycles. The maximum absolute atomic E-state index is 9.64. The summed E-state index contributed by atoms with van der Waals surface area (Å²) in [5.74, 6) is 0.779. The van der Waals surface area contributed by atoms with Crippen molar-refractivity contribution in [1.29, 1.82) is 5.26 Å². The minimum absolute atomic E-state index is 0.479. The molecule has 4 rings (SSSR count). The molecule has 0 aromatic heterocycles. The largest absolute Gasteiger partial charge is 0.489 e. The Bertz CT molecular complexity index is 1200. The van der Waals surface area contributed by atoms with Gasteiger partial charge in [0.25, 0.3) is 0 Å². The maximum atomic E-state index is 9.64. The van der Waals surface area contributed by atoms with Gasteiger partial charge in [-0.3, -0.25) is 0 Å². The molecule has 0 radical (unpaired) electrons. The number of hydrogen-bond acceptors (Lipinski definition) is 2. The summed E-state index contributed by atoms with van der Waals surface area (Å²) in [6.45, 7) is 0.479. The Morgan fingerprint density at radius 3 is 2.31 bits per heavy atom. The molecule has 3 heteroatoms. The van der Waals surface area contributed by atoms with Gasteiger partial charge < -0.3 is 4.74 Å². The van der Waals surface area contributed by atoms with E-state index in [4.69, 9.17) is 16.3 Å². The standard InChI is InChI=1S/C26H18ClNO/c27-25-11-5-20(6-12-25)18-29-26-13-7-19(8-14-26)15-24(17-28)23-10-9-21-3-1-2-4-22(21)16-23/h1-16H,18H2. The molecule has 0 aliphatic rings. The van der Waals surface area contributed by atoms with Crippen LogP contribution in [0.25, 0.3) is 22.4 Å². The molecule has 0 N–H and O–H groups in total. The molecule has 4 aromatic rings. The first-order valence-corrected chi connectivity index (χ1v) is 9.67. The minimum atomic E-state index is 0.479. The van der Waals surface area contributed by atoms with E-state index in [1.807, 2.05) is 84.9 Å². The molecule has 0 bridgehead atoms. The molecule has 0 fully saturated rings. The van der Waals surface area contributed by atoms with Crippen molar-refractivity contribution in [2.24, 2.45) is 0 Å². The van der Waals surface area contributed by atoms with Gasteiger partial charge in [-0.2, -0.15) is 5.26 Å². The van der Waals surface area contributed by atoms with Crippen LogP contribution in [0.4, 0.5) is 0 Å². The molecular formula is C26H18ClNO. The highest BCUT2D eigenvalue weighted by atomic mass is 35.5. The van der Waals surface area contributed by atoms with Crippen LogP contribution in [0.3, 0.4) is 0 Å². The van der Waals surface area contributed by atoms with Gasteiger partial charge in [0.15, 0.2) is 0 Å². The number of fused-ring (bicyclic) bond motifs is 1. The van der Waals surface area contributed by atoms with Crippen molar-refractivity contribution in [2.75, 3.05) is 0 Å². The van der Waals surface area contributed by atoms with Crippen LogP contribution >= 0.6 is 11.6 Å². The summed E-state index contributed by atoms with van der Waals surface area (Å²) in [5, 5.41) is 12.6. The predicted molar refractivity (Wildman–Crippen MR) is 120 cm³/mol. The second-order valence-electron chi connectivity index (χ2n) is 6.72. The highest BCUT2D eigenvalue weighted by molar-refractivity contribution is 6.30. The second kappa shape index (κ2) is 8.65. The van der Waals surface area contributed by atoms with Crippen LogP contribution in [0.15, 0.2) is 91.0 Å². The maximum Gasteiger partial charge on any atom is 0.119 e. The molecule has 0 atom stereocenters. The molecule has 2 nitrogen and oxygen atoms in total. The second-order valence-corrected chi connectivity index (χ2v) is 7.15. The van der Waals surface area contributed by atoms with E-state index in [9.17, 15) is 5.26 Å². The van der Waals surface area contributed by atoms with Gasteiger partial charge in [-0.25, -0.2) is 0 Å². The van der Waals surface area contributed by atoms with Gasteiger partial charge in [0, 0.05) is 5.02 Å². The molecule has 0 heterocycles. The SMILES string of the molecule is N#CC(=Cc1ccc(OCc2ccc(Cl)cc2)cc1)c1ccc2ccccc2c1. The lowest BCUT2D eigenvalue weighted by molar-refractivity contribution is 0.306. The third-order valence-corrected chi connectivity index (χ3v) is 4.94. The first kappa shape index (κ1) is 18.8. The zero-order valence-electron chi connectivity index (χ0n) is 15.7. The smallest absolute Gasteiger partial charge is 0.119 e. The summed E-state index contributed by atoms with van der Waals surface area (Å²) in [6, 6.07) is 31.9. The number of ether oxygens (including phenoxy) is 1. The summed E-state index contributed by atoms with van der Waals surface area (Å²) < 4.78 is 5.82. The van der Waals surface area contributed by atoms with Gasteiger partial charge in [-0.05, 0) is 63.9 Å². The van der Waals surface area contributed by atoms with Crippen LogP contribution in [0, 0.1) is 11.3 Å². The van der Waals surface area contributed by atoms with E-state index >= 15 is 0 Å². The van der Waals surface area contributed by atoms with Crippen LogP contribution in [0.5, 0.6) is 5.75 Å². The number of benzene rings is 4. The topological polar surface area (TPSA) is 33.0 Å². The Labute approximate surface area is 175 Å². The van der Waals surface area contributed by atoms with Crippen LogP contribution in [0.1, 0.15) is 16.7 Å². The first-order valence-electron chi connectivity index (χ1n) is 9.29. The average molecular weight is 396 g/mol. The molecule has 0 unspecified atom stereocenters. The summed E-state index contributed by atoms with van der Waals surface area (Å²) in [4.78, 5) is 0. The Hall–Kier alpha value is -3.54. The number of hydrogen-bond donors (Lipinski definition) is 0. The Morgan fingerprint density at radius 2 is 1.59 bits per heavy atom. The van der Waals surface area contributed by atoms with Crippen molar-refractivity contribution < 1.29 is 4.74 Å². The Kier molecular flexibility index (Phi) is 5.61. The van der Waals surface area contributed by atoms with Crippen LogP contribution in [-0.4, -0.2) is 0 Å². The van der Waals surface area contributed by atoms with Crippen molar-refractivity contribution in [3.8, 4) is 11.8 Å². The zero-order valence-corrected chi connectivity index (χ0v) is 16.4. The predicted octanol–water partition coefficient (Wildman–Crippen LogP) is 7.14. The lowest BCUT2D eigenvalue weighted by Crippen LogP contribution is -1.94. The number of rotatable bonds is 5. The van der Waals surface area contributed by atoms with Crippen LogP contribution in [0.2, 0.25) is 5.02 Å². The van der Waals surface area contributed by atoms with Crippen LogP contribution < -0.4 is 4.74 Å². The molecule has 29 heavy (non-hydrogen) atoms. The Balaban J connectivity index is 1.50. The van der Waals surface area contributed by atoms with Crippen molar-refractivity contribution in [3.63, 3.8) is 0 Å². The number of allylic oxidation sites excluding steroid dienone is 1. The third-order valence-electron chi connectivity index (χ3n) is 4.69. The molecule has 0 amide bonds. The monoisotopic (exact) mass is 395 g/mol. The van der Waals surface area contributed by atoms with Gasteiger partial charge >= 0.3 is 0 Å². The van der Waals surface area contributed by atoms with Crippen molar-refractivity contribution in [2.45, 2.75) is 6.61 Å². The lowest BCUT2D eigenvalue weighted by Gasteiger charge is -2.07. The quantitative estimate of drug-likeness (QED) is 0.266. The average Bonchev–Trinajstić information content (AvgIpc) is 2.77. The molecule has 0 saturated heterocycles. The van der Waals surface area contributed by atoms with E-state index in [2.05, 4.69) is 18.2 Å². The fourth-order valence-corrected chi connectivity index (χ4v) is 3.24. The van der Waals surface area contributed by atoms with Gasteiger partial charge in [-0.1, -0.05) is 72.3 Å². The number of nitrogens with zero attached hydrogens (tertiary/aromatic N) is 1. The molecule has 0 saturated carbocycles. The van der Waals surface area contributed by atoms with E-state index in [0.717, 1.165) is 33.2 Å². The van der Waals surface area contributed by atoms with Gasteiger partial charge in [0.2, 0.25) is 0 Å². The van der Waals surface area contributed by atoms with Gasteiger partial charge in [-0.15, -0.1) is 0 Å². The number of nitriles is 1. The summed E-state index contributed by atoms with van der Waals surface area (Å²) >= 11 is 5.90. The molecule has 140 valence electrons. The lowest BCUT2D eigenvalue weighted by atomic mass is 10.0. The van der Waals surface area contributed by atoms with E-state index in [0.29, 0.717) is 17.2 Å². The minimum Gasteiger partial charge on any atom is -0.489 e. The fourth-order valence-electron chi connectivity index (χ4n) is 3.11. The molecule has 0 spiro atoms. The normalized spacial score (nSPS) is 11.2. The van der Waals surface area contributed by atoms with Crippen molar-refractivity contribution in [1.82, 2.24) is 0 Å².